The fourth-order valence-corrected chi connectivity index (χ4v) is 3.28. The molecule has 25 heavy (non-hydrogen) atoms. The van der Waals surface area contributed by atoms with E-state index in [-0.39, 0.29) is 29.0 Å². The number of hydrogen-bond donors (Lipinski definition) is 1. The van der Waals surface area contributed by atoms with Crippen LogP contribution in [0.4, 0.5) is 10.1 Å². The second-order valence-electron chi connectivity index (χ2n) is 6.22. The summed E-state index contributed by atoms with van der Waals surface area (Å²) in [5, 5.41) is 2.42. The topological polar surface area (TPSA) is 83.6 Å². The molecule has 6 nitrogen and oxygen atoms in total. The number of amides is 3. The van der Waals surface area contributed by atoms with Gasteiger partial charge in [-0.15, -0.1) is 0 Å². The summed E-state index contributed by atoms with van der Waals surface area (Å²) in [5.41, 5.74) is 0.00895. The summed E-state index contributed by atoms with van der Waals surface area (Å²) in [4.78, 5) is 49.0. The molecule has 0 bridgehead atoms. The summed E-state index contributed by atoms with van der Waals surface area (Å²) in [5.74, 6) is -3.40. The first-order valence-electron chi connectivity index (χ1n) is 7.99. The fourth-order valence-electron chi connectivity index (χ4n) is 3.28. The van der Waals surface area contributed by atoms with Crippen molar-refractivity contribution in [1.29, 1.82) is 0 Å². The predicted molar refractivity (Wildman–Crippen MR) is 87.1 cm³/mol. The largest absolute Gasteiger partial charge is 0.326 e. The average molecular weight is 344 g/mol. The monoisotopic (exact) mass is 344 g/mol. The zero-order valence-electron chi connectivity index (χ0n) is 13.6. The molecule has 7 heteroatoms. The standard InChI is InChI=1S/C18H17FN2O4/c1-10(22)20-11-6-7-14(15(19)8-11)16(23)9-21-17(24)12-4-2-3-5-13(12)18(21)25/h2-3,6-8,12-13H,4-5,9H2,1H3,(H,20,22)/t12-,13+. The van der Waals surface area contributed by atoms with Crippen molar-refractivity contribution >= 4 is 29.2 Å². The highest BCUT2D eigenvalue weighted by Crippen LogP contribution is 2.35. The van der Waals surface area contributed by atoms with E-state index < -0.39 is 30.0 Å². The van der Waals surface area contributed by atoms with Gasteiger partial charge >= 0.3 is 0 Å². The van der Waals surface area contributed by atoms with Gasteiger partial charge in [0.15, 0.2) is 5.78 Å². The Bertz CT molecular complexity index is 776. The third kappa shape index (κ3) is 3.22. The van der Waals surface area contributed by atoms with Gasteiger partial charge in [-0.3, -0.25) is 24.1 Å². The number of halogens is 1. The average Bonchev–Trinajstić information content (AvgIpc) is 2.80. The van der Waals surface area contributed by atoms with Crippen LogP contribution < -0.4 is 5.32 Å². The number of hydrogen-bond acceptors (Lipinski definition) is 4. The number of allylic oxidation sites excluding steroid dienone is 2. The quantitative estimate of drug-likeness (QED) is 0.514. The van der Waals surface area contributed by atoms with Crippen molar-refractivity contribution in [2.75, 3.05) is 11.9 Å². The molecule has 1 aliphatic heterocycles. The third-order valence-electron chi connectivity index (χ3n) is 4.49. The van der Waals surface area contributed by atoms with Crippen molar-refractivity contribution in [3.63, 3.8) is 0 Å². The number of nitrogens with zero attached hydrogens (tertiary/aromatic N) is 1. The number of imide groups is 1. The number of fused-ring (bicyclic) bond motifs is 1. The Labute approximate surface area is 143 Å². The minimum Gasteiger partial charge on any atom is -0.326 e. The van der Waals surface area contributed by atoms with Crippen molar-refractivity contribution in [1.82, 2.24) is 4.90 Å². The van der Waals surface area contributed by atoms with E-state index in [0.717, 1.165) is 11.0 Å². The molecule has 0 spiro atoms. The molecule has 1 N–H and O–H groups in total. The molecule has 0 unspecified atom stereocenters. The number of carbonyl (C=O) groups excluding carboxylic acids is 4. The third-order valence-corrected chi connectivity index (χ3v) is 4.49. The second-order valence-corrected chi connectivity index (χ2v) is 6.22. The van der Waals surface area contributed by atoms with E-state index in [1.54, 1.807) is 0 Å². The Balaban J connectivity index is 1.75. The molecule has 1 aromatic carbocycles. The minimum atomic E-state index is -0.811. The molecule has 2 atom stereocenters. The number of carbonyl (C=O) groups is 4. The van der Waals surface area contributed by atoms with Crippen molar-refractivity contribution < 1.29 is 23.6 Å². The molecule has 1 heterocycles. The van der Waals surface area contributed by atoms with Gasteiger partial charge in [0, 0.05) is 12.6 Å². The van der Waals surface area contributed by atoms with Crippen LogP contribution in [-0.4, -0.2) is 34.9 Å². The second kappa shape index (κ2) is 6.58. The molecule has 1 saturated heterocycles. The van der Waals surface area contributed by atoms with Gasteiger partial charge in [0.05, 0.1) is 23.9 Å². The maximum atomic E-state index is 14.1. The number of rotatable bonds is 4. The molecule has 1 aliphatic carbocycles. The van der Waals surface area contributed by atoms with E-state index in [0.29, 0.717) is 12.8 Å². The zero-order valence-corrected chi connectivity index (χ0v) is 13.6. The van der Waals surface area contributed by atoms with Crippen LogP contribution in [0.25, 0.3) is 0 Å². The van der Waals surface area contributed by atoms with Crippen LogP contribution in [0.2, 0.25) is 0 Å². The van der Waals surface area contributed by atoms with E-state index >= 15 is 0 Å². The smallest absolute Gasteiger partial charge is 0.233 e. The first-order valence-corrected chi connectivity index (χ1v) is 7.99. The maximum Gasteiger partial charge on any atom is 0.233 e. The summed E-state index contributed by atoms with van der Waals surface area (Å²) in [7, 11) is 0. The molecule has 0 saturated carbocycles. The summed E-state index contributed by atoms with van der Waals surface area (Å²) in [6.07, 6.45) is 4.69. The Hall–Kier alpha value is -2.83. The molecular weight excluding hydrogens is 327 g/mol. The van der Waals surface area contributed by atoms with E-state index in [1.807, 2.05) is 12.2 Å². The summed E-state index contributed by atoms with van der Waals surface area (Å²) in [6.45, 7) is 0.816. The van der Waals surface area contributed by atoms with Crippen molar-refractivity contribution in [3.05, 3.63) is 41.7 Å². The molecule has 3 amide bonds. The molecule has 0 aromatic heterocycles. The molecule has 2 aliphatic rings. The Kier molecular flexibility index (Phi) is 4.48. The highest BCUT2D eigenvalue weighted by atomic mass is 19.1. The Morgan fingerprint density at radius 3 is 2.28 bits per heavy atom. The van der Waals surface area contributed by atoms with Crippen molar-refractivity contribution in [2.45, 2.75) is 19.8 Å². The van der Waals surface area contributed by atoms with E-state index in [2.05, 4.69) is 5.32 Å². The van der Waals surface area contributed by atoms with Gasteiger partial charge in [-0.25, -0.2) is 4.39 Å². The molecule has 130 valence electrons. The van der Waals surface area contributed by atoms with Crippen LogP contribution in [0.3, 0.4) is 0 Å². The lowest BCUT2D eigenvalue weighted by Crippen LogP contribution is -2.36. The van der Waals surface area contributed by atoms with Crippen LogP contribution in [0.15, 0.2) is 30.4 Å². The van der Waals surface area contributed by atoms with Gasteiger partial charge < -0.3 is 5.32 Å². The van der Waals surface area contributed by atoms with Gasteiger partial charge in [0.1, 0.15) is 5.82 Å². The van der Waals surface area contributed by atoms with Crippen molar-refractivity contribution in [2.24, 2.45) is 11.8 Å². The number of benzene rings is 1. The van der Waals surface area contributed by atoms with Gasteiger partial charge in [-0.05, 0) is 31.0 Å². The summed E-state index contributed by atoms with van der Waals surface area (Å²) >= 11 is 0. The normalized spacial score (nSPS) is 22.1. The van der Waals surface area contributed by atoms with Crippen LogP contribution >= 0.6 is 0 Å². The van der Waals surface area contributed by atoms with E-state index in [9.17, 15) is 23.6 Å². The number of Topliss-reactive ketones (excluding diaryl/α,β-unsaturated/α-hetero) is 1. The number of nitrogens with one attached hydrogen (secondary N) is 1. The number of ketones is 1. The maximum absolute atomic E-state index is 14.1. The predicted octanol–water partition coefficient (Wildman–Crippen LogP) is 1.92. The molecule has 0 radical (unpaired) electrons. The van der Waals surface area contributed by atoms with E-state index in [4.69, 9.17) is 0 Å². The van der Waals surface area contributed by atoms with Crippen LogP contribution in [-0.2, 0) is 14.4 Å². The van der Waals surface area contributed by atoms with Gasteiger partial charge in [-0.1, -0.05) is 12.2 Å². The number of likely N-dealkylation sites (tertiary alicyclic amines) is 1. The summed E-state index contributed by atoms with van der Waals surface area (Å²) in [6, 6.07) is 3.67. The lowest BCUT2D eigenvalue weighted by Gasteiger charge is -2.14. The molecule has 1 fully saturated rings. The molecule has 1 aromatic rings. The van der Waals surface area contributed by atoms with Gasteiger partial charge in [-0.2, -0.15) is 0 Å². The van der Waals surface area contributed by atoms with Crippen LogP contribution in [0.5, 0.6) is 0 Å². The van der Waals surface area contributed by atoms with Gasteiger partial charge in [0.25, 0.3) is 0 Å². The lowest BCUT2D eigenvalue weighted by atomic mass is 9.85. The summed E-state index contributed by atoms with van der Waals surface area (Å²) < 4.78 is 14.1. The fraction of sp³-hybridized carbons (Fsp3) is 0.333. The van der Waals surface area contributed by atoms with Crippen LogP contribution in [0.1, 0.15) is 30.1 Å². The highest BCUT2D eigenvalue weighted by molar-refractivity contribution is 6.10. The SMILES string of the molecule is CC(=O)Nc1ccc(C(=O)CN2C(=O)[C@H]3CC=CC[C@H]3C2=O)c(F)c1. The Morgan fingerprint density at radius 1 is 1.16 bits per heavy atom. The molecular formula is C18H17FN2O4. The first-order chi connectivity index (χ1) is 11.9. The lowest BCUT2D eigenvalue weighted by molar-refractivity contribution is -0.139. The zero-order chi connectivity index (χ0) is 18.1. The highest BCUT2D eigenvalue weighted by Gasteiger charge is 2.47. The van der Waals surface area contributed by atoms with Crippen molar-refractivity contribution in [3.8, 4) is 0 Å². The Morgan fingerprint density at radius 2 is 1.76 bits per heavy atom. The molecule has 3 rings (SSSR count). The van der Waals surface area contributed by atoms with E-state index in [1.165, 1.54) is 19.1 Å². The van der Waals surface area contributed by atoms with Crippen LogP contribution in [0, 0.1) is 17.7 Å². The first kappa shape index (κ1) is 17.0. The minimum absolute atomic E-state index is 0.220. The number of anilines is 1. The van der Waals surface area contributed by atoms with Gasteiger partial charge in [0.2, 0.25) is 17.7 Å².